The van der Waals surface area contributed by atoms with Crippen LogP contribution in [0.2, 0.25) is 0 Å². The number of hydrogen-bond donors (Lipinski definition) is 1. The van der Waals surface area contributed by atoms with Crippen molar-refractivity contribution in [1.82, 2.24) is 15.2 Å². The predicted octanol–water partition coefficient (Wildman–Crippen LogP) is 3.74. The molecular weight excluding hydrogens is 358 g/mol. The fraction of sp³-hybridized carbons (Fsp3) is 0.476. The first-order valence-electron chi connectivity index (χ1n) is 9.52. The largest absolute Gasteiger partial charge is 0.350 e. The van der Waals surface area contributed by atoms with Crippen molar-refractivity contribution in [2.75, 3.05) is 13.1 Å². The summed E-state index contributed by atoms with van der Waals surface area (Å²) >= 11 is 1.66. The van der Waals surface area contributed by atoms with E-state index in [0.29, 0.717) is 12.5 Å². The van der Waals surface area contributed by atoms with Crippen molar-refractivity contribution in [3.05, 3.63) is 51.5 Å². The topological polar surface area (TPSA) is 62.3 Å². The Morgan fingerprint density at radius 2 is 1.96 bits per heavy atom. The van der Waals surface area contributed by atoms with Crippen molar-refractivity contribution in [2.24, 2.45) is 5.92 Å². The van der Waals surface area contributed by atoms with Gasteiger partial charge in [-0.2, -0.15) is 0 Å². The average Bonchev–Trinajstić information content (AvgIpc) is 3.15. The Kier molecular flexibility index (Phi) is 6.26. The molecule has 2 aromatic rings. The second-order valence-corrected chi connectivity index (χ2v) is 8.32. The zero-order valence-electron chi connectivity index (χ0n) is 16.2. The van der Waals surface area contributed by atoms with Crippen LogP contribution in [0.3, 0.4) is 0 Å². The zero-order chi connectivity index (χ0) is 19.4. The number of aromatic nitrogens is 1. The number of aryl methyl sites for hydroxylation is 1. The number of nitrogens with one attached hydrogen (secondary N) is 1. The van der Waals surface area contributed by atoms with Gasteiger partial charge in [-0.15, -0.1) is 11.3 Å². The molecule has 144 valence electrons. The highest BCUT2D eigenvalue weighted by molar-refractivity contribution is 7.09. The average molecular weight is 386 g/mol. The number of benzene rings is 1. The van der Waals surface area contributed by atoms with Crippen LogP contribution in [0, 0.1) is 12.8 Å². The van der Waals surface area contributed by atoms with Crippen LogP contribution in [0.1, 0.15) is 59.2 Å². The van der Waals surface area contributed by atoms with Gasteiger partial charge in [0.2, 0.25) is 5.91 Å². The Morgan fingerprint density at radius 1 is 1.26 bits per heavy atom. The summed E-state index contributed by atoms with van der Waals surface area (Å²) in [6, 6.07) is 7.77. The Hall–Kier alpha value is -2.21. The molecule has 3 rings (SSSR count). The maximum absolute atomic E-state index is 12.7. The molecule has 27 heavy (non-hydrogen) atoms. The molecule has 1 aromatic carbocycles. The molecule has 0 radical (unpaired) electrons. The number of piperidine rings is 1. The van der Waals surface area contributed by atoms with E-state index < -0.39 is 0 Å². The monoisotopic (exact) mass is 385 g/mol. The van der Waals surface area contributed by atoms with E-state index in [1.165, 1.54) is 0 Å². The summed E-state index contributed by atoms with van der Waals surface area (Å²) in [4.78, 5) is 31.1. The molecule has 1 N–H and O–H groups in total. The van der Waals surface area contributed by atoms with E-state index in [1.54, 1.807) is 11.3 Å². The third kappa shape index (κ3) is 4.75. The standard InChI is InChI=1S/C21H27N3O2S/c1-14(2)19(25)22-12-17-13-27-20(23-17)16-8-10-24(11-9-16)21(26)18-7-5-4-6-15(18)3/h4-7,13-14,16H,8-12H2,1-3H3,(H,22,25). The molecule has 2 heterocycles. The van der Waals surface area contributed by atoms with Gasteiger partial charge in [0.05, 0.1) is 17.2 Å². The van der Waals surface area contributed by atoms with E-state index >= 15 is 0 Å². The van der Waals surface area contributed by atoms with E-state index in [9.17, 15) is 9.59 Å². The lowest BCUT2D eigenvalue weighted by Crippen LogP contribution is -2.38. The summed E-state index contributed by atoms with van der Waals surface area (Å²) in [6.07, 6.45) is 1.87. The highest BCUT2D eigenvalue weighted by Gasteiger charge is 2.26. The minimum Gasteiger partial charge on any atom is -0.350 e. The Morgan fingerprint density at radius 3 is 2.63 bits per heavy atom. The number of carbonyl (C=O) groups excluding carboxylic acids is 2. The molecule has 0 spiro atoms. The molecular formula is C21H27N3O2S. The molecule has 1 aliphatic rings. The summed E-state index contributed by atoms with van der Waals surface area (Å²) in [7, 11) is 0. The first-order chi connectivity index (χ1) is 13.0. The number of thiazole rings is 1. The lowest BCUT2D eigenvalue weighted by atomic mass is 9.96. The normalized spacial score (nSPS) is 15.2. The number of hydrogen-bond acceptors (Lipinski definition) is 4. The maximum atomic E-state index is 12.7. The van der Waals surface area contributed by atoms with Crippen LogP contribution >= 0.6 is 11.3 Å². The van der Waals surface area contributed by atoms with E-state index in [-0.39, 0.29) is 17.7 Å². The van der Waals surface area contributed by atoms with E-state index in [2.05, 4.69) is 5.32 Å². The van der Waals surface area contributed by atoms with Gasteiger partial charge < -0.3 is 10.2 Å². The van der Waals surface area contributed by atoms with Gasteiger partial charge in [-0.05, 0) is 31.4 Å². The minimum atomic E-state index is -0.0155. The van der Waals surface area contributed by atoms with Crippen LogP contribution < -0.4 is 5.32 Å². The van der Waals surface area contributed by atoms with Gasteiger partial charge in [-0.1, -0.05) is 32.0 Å². The van der Waals surface area contributed by atoms with Crippen molar-refractivity contribution in [3.8, 4) is 0 Å². The first kappa shape index (κ1) is 19.5. The van der Waals surface area contributed by atoms with Crippen LogP contribution in [0.4, 0.5) is 0 Å². The predicted molar refractivity (Wildman–Crippen MR) is 108 cm³/mol. The molecule has 6 heteroatoms. The zero-order valence-corrected chi connectivity index (χ0v) is 17.0. The Bertz CT molecular complexity index is 807. The SMILES string of the molecule is Cc1ccccc1C(=O)N1CCC(c2nc(CNC(=O)C(C)C)cs2)CC1. The van der Waals surface area contributed by atoms with Crippen molar-refractivity contribution < 1.29 is 9.59 Å². The van der Waals surface area contributed by atoms with Crippen LogP contribution in [-0.2, 0) is 11.3 Å². The highest BCUT2D eigenvalue weighted by atomic mass is 32.1. The van der Waals surface area contributed by atoms with Crippen LogP contribution in [0.15, 0.2) is 29.6 Å². The molecule has 1 saturated heterocycles. The number of rotatable bonds is 5. The smallest absolute Gasteiger partial charge is 0.254 e. The Balaban J connectivity index is 1.54. The van der Waals surface area contributed by atoms with Crippen molar-refractivity contribution >= 4 is 23.2 Å². The lowest BCUT2D eigenvalue weighted by molar-refractivity contribution is -0.124. The van der Waals surface area contributed by atoms with Gasteiger partial charge in [-0.3, -0.25) is 9.59 Å². The van der Waals surface area contributed by atoms with Gasteiger partial charge >= 0.3 is 0 Å². The Labute approximate surface area is 164 Å². The van der Waals surface area contributed by atoms with Gasteiger partial charge in [0, 0.05) is 35.9 Å². The first-order valence-corrected chi connectivity index (χ1v) is 10.4. The molecule has 1 aliphatic heterocycles. The molecule has 5 nitrogen and oxygen atoms in total. The fourth-order valence-corrected chi connectivity index (χ4v) is 4.28. The lowest BCUT2D eigenvalue weighted by Gasteiger charge is -2.31. The third-order valence-electron chi connectivity index (χ3n) is 5.04. The molecule has 1 fully saturated rings. The molecule has 0 unspecified atom stereocenters. The van der Waals surface area contributed by atoms with Gasteiger partial charge in [0.25, 0.3) is 5.91 Å². The number of amides is 2. The van der Waals surface area contributed by atoms with Crippen LogP contribution in [0.5, 0.6) is 0 Å². The van der Waals surface area contributed by atoms with Gasteiger partial charge in [0.1, 0.15) is 0 Å². The van der Waals surface area contributed by atoms with Gasteiger partial charge in [0.15, 0.2) is 0 Å². The van der Waals surface area contributed by atoms with E-state index in [1.807, 2.05) is 55.3 Å². The van der Waals surface area contributed by atoms with Crippen molar-refractivity contribution in [1.29, 1.82) is 0 Å². The second-order valence-electron chi connectivity index (χ2n) is 7.43. The summed E-state index contributed by atoms with van der Waals surface area (Å²) in [5.41, 5.74) is 2.74. The summed E-state index contributed by atoms with van der Waals surface area (Å²) in [5, 5.41) is 6.06. The van der Waals surface area contributed by atoms with Gasteiger partial charge in [-0.25, -0.2) is 4.98 Å². The van der Waals surface area contributed by atoms with Crippen LogP contribution in [0.25, 0.3) is 0 Å². The highest BCUT2D eigenvalue weighted by Crippen LogP contribution is 2.31. The summed E-state index contributed by atoms with van der Waals surface area (Å²) in [5.74, 6) is 0.555. The molecule has 0 saturated carbocycles. The van der Waals surface area contributed by atoms with E-state index in [4.69, 9.17) is 4.98 Å². The fourth-order valence-electron chi connectivity index (χ4n) is 3.29. The molecule has 0 aliphatic carbocycles. The summed E-state index contributed by atoms with van der Waals surface area (Å²) in [6.45, 7) is 7.75. The number of carbonyl (C=O) groups is 2. The molecule has 0 atom stereocenters. The third-order valence-corrected chi connectivity index (χ3v) is 6.10. The van der Waals surface area contributed by atoms with Crippen LogP contribution in [-0.4, -0.2) is 34.8 Å². The quantitative estimate of drug-likeness (QED) is 0.853. The number of nitrogens with zero attached hydrogens (tertiary/aromatic N) is 2. The van der Waals surface area contributed by atoms with Crippen molar-refractivity contribution in [3.63, 3.8) is 0 Å². The maximum Gasteiger partial charge on any atom is 0.254 e. The molecule has 2 amide bonds. The molecule has 1 aromatic heterocycles. The van der Waals surface area contributed by atoms with Crippen molar-refractivity contribution in [2.45, 2.75) is 46.1 Å². The minimum absolute atomic E-state index is 0.0155. The second kappa shape index (κ2) is 8.65. The number of likely N-dealkylation sites (tertiary alicyclic amines) is 1. The molecule has 0 bridgehead atoms. The summed E-state index contributed by atoms with van der Waals surface area (Å²) < 4.78 is 0. The van der Waals surface area contributed by atoms with E-state index in [0.717, 1.165) is 47.8 Å².